The van der Waals surface area contributed by atoms with Gasteiger partial charge in [0.25, 0.3) is 0 Å². The molecule has 0 saturated carbocycles. The Morgan fingerprint density at radius 1 is 0.444 bits per heavy atom. The van der Waals surface area contributed by atoms with E-state index in [4.69, 9.17) is 19.7 Å². The first-order valence-electron chi connectivity index (χ1n) is 26.7. The summed E-state index contributed by atoms with van der Waals surface area (Å²) in [5.41, 5.74) is 11.8. The number of anilines is 6. The summed E-state index contributed by atoms with van der Waals surface area (Å²) in [7, 11) is 0. The summed E-state index contributed by atoms with van der Waals surface area (Å²) < 4.78 is 16.7. The second kappa shape index (κ2) is 27.8. The maximum Gasteiger partial charge on any atom is 0.303 e. The fourth-order valence-electron chi connectivity index (χ4n) is 9.24. The molecule has 0 atom stereocenters. The maximum absolute atomic E-state index is 10.5. The van der Waals surface area contributed by atoms with E-state index in [0.29, 0.717) is 26.1 Å². The molecule has 3 aromatic carbocycles. The van der Waals surface area contributed by atoms with Crippen molar-refractivity contribution in [3.05, 3.63) is 171 Å². The van der Waals surface area contributed by atoms with Crippen LogP contribution in [0.5, 0.6) is 17.2 Å². The van der Waals surface area contributed by atoms with E-state index in [9.17, 15) is 14.7 Å². The van der Waals surface area contributed by atoms with Gasteiger partial charge in [-0.3, -0.25) is 9.59 Å². The second-order valence-electron chi connectivity index (χ2n) is 19.6. The highest BCUT2D eigenvalue weighted by Gasteiger charge is 2.20. The average Bonchev–Trinajstić information content (AvgIpc) is 3.33. The van der Waals surface area contributed by atoms with Crippen molar-refractivity contribution in [3.63, 3.8) is 0 Å². The van der Waals surface area contributed by atoms with Crippen molar-refractivity contribution in [2.45, 2.75) is 92.9 Å². The second-order valence-corrected chi connectivity index (χ2v) is 27.5. The normalized spacial score (nSPS) is 11.1. The van der Waals surface area contributed by atoms with Crippen molar-refractivity contribution in [2.24, 2.45) is 0 Å². The Morgan fingerprint density at radius 3 is 1.27 bits per heavy atom. The number of hydrogen-bond donors (Lipinski definition) is 3. The average molecular weight is 1210 g/mol. The molecule has 0 spiro atoms. The molecule has 0 bridgehead atoms. The van der Waals surface area contributed by atoms with Crippen molar-refractivity contribution in [2.75, 3.05) is 23.0 Å². The largest absolute Gasteiger partial charge is 0.508 e. The van der Waals surface area contributed by atoms with Crippen LogP contribution < -0.4 is 19.3 Å². The van der Waals surface area contributed by atoms with Crippen LogP contribution in [0.15, 0.2) is 142 Å². The molecule has 0 amide bonds. The number of thiophene rings is 7. The van der Waals surface area contributed by atoms with E-state index in [2.05, 4.69) is 150 Å². The number of fused-ring (bicyclic) bond motifs is 3. The van der Waals surface area contributed by atoms with E-state index in [1.54, 1.807) is 68.8 Å². The van der Waals surface area contributed by atoms with Crippen LogP contribution in [0.4, 0.5) is 34.1 Å². The predicted molar refractivity (Wildman–Crippen MR) is 347 cm³/mol. The van der Waals surface area contributed by atoms with Gasteiger partial charge in [-0.15, -0.1) is 79.4 Å². The van der Waals surface area contributed by atoms with Crippen LogP contribution in [-0.4, -0.2) is 45.0 Å². The van der Waals surface area contributed by atoms with Gasteiger partial charge in [-0.25, -0.2) is 0 Å². The summed E-state index contributed by atoms with van der Waals surface area (Å²) in [4.78, 5) is 34.6. The number of benzene rings is 3. The van der Waals surface area contributed by atoms with E-state index in [1.807, 2.05) is 59.1 Å². The zero-order valence-corrected chi connectivity index (χ0v) is 51.8. The summed E-state index contributed by atoms with van der Waals surface area (Å²) >= 11 is 12.5. The quantitative estimate of drug-likeness (QED) is 0.0569. The van der Waals surface area contributed by atoms with Gasteiger partial charge in [-0.05, 0) is 201 Å². The molecule has 0 aliphatic carbocycles. The number of ether oxygens (including phenoxy) is 2. The number of rotatable bonds is 22. The van der Waals surface area contributed by atoms with Crippen LogP contribution in [0.1, 0.15) is 80.6 Å². The number of phenols is 1. The van der Waals surface area contributed by atoms with Crippen LogP contribution in [0.25, 0.3) is 36.6 Å². The first-order chi connectivity index (χ1) is 39.1. The lowest BCUT2D eigenvalue weighted by atomic mass is 10.2. The Balaban J connectivity index is 0.000000147. The lowest BCUT2D eigenvalue weighted by Gasteiger charge is -2.23. The van der Waals surface area contributed by atoms with E-state index in [0.717, 1.165) is 65.6 Å². The molecule has 10 nitrogen and oxygen atoms in total. The molecule has 0 aliphatic rings. The van der Waals surface area contributed by atoms with Gasteiger partial charge in [0.05, 0.1) is 56.4 Å². The number of nitrogens with zero attached hydrogens (tertiary/aromatic N) is 3. The zero-order chi connectivity index (χ0) is 57.0. The maximum atomic E-state index is 10.5. The lowest BCUT2D eigenvalue weighted by molar-refractivity contribution is -0.138. The highest BCUT2D eigenvalue weighted by atomic mass is 32.1. The SMILES string of the molecule is Cc1cc(-c2cc(N(c3ccc(O)cc3)c3csc(C)c3)cs2)cs1.Cc1cc(N(c2ccc(OCCCCCC(=O)O)cc2)c2csc(C)c2)cs1.Cc1cc2c(s1)c1sc(C)cc1n2-c1ccc(OCCCCCC(=O)O)cc1. The number of aromatic nitrogens is 1. The van der Waals surface area contributed by atoms with Crippen LogP contribution >= 0.6 is 79.4 Å². The zero-order valence-electron chi connectivity index (χ0n) is 46.1. The molecule has 420 valence electrons. The smallest absolute Gasteiger partial charge is 0.303 e. The number of carboxylic acids is 2. The molecule has 8 aromatic heterocycles. The molecule has 0 aliphatic heterocycles. The first kappa shape index (κ1) is 58.9. The van der Waals surface area contributed by atoms with E-state index < -0.39 is 11.9 Å². The van der Waals surface area contributed by atoms with Gasteiger partial charge in [0.2, 0.25) is 0 Å². The molecule has 81 heavy (non-hydrogen) atoms. The van der Waals surface area contributed by atoms with Gasteiger partial charge < -0.3 is 39.2 Å². The third-order valence-corrected chi connectivity index (χ3v) is 19.7. The van der Waals surface area contributed by atoms with Crippen molar-refractivity contribution in [1.82, 2.24) is 4.57 Å². The van der Waals surface area contributed by atoms with Gasteiger partial charge >= 0.3 is 11.9 Å². The Bertz CT molecular complexity index is 3700. The topological polar surface area (TPSA) is 125 Å². The van der Waals surface area contributed by atoms with E-state index in [1.165, 1.54) is 71.5 Å². The number of hydrogen-bond acceptors (Lipinski definition) is 14. The summed E-state index contributed by atoms with van der Waals surface area (Å²) in [5, 5.41) is 37.9. The van der Waals surface area contributed by atoms with Crippen LogP contribution in [-0.2, 0) is 9.59 Å². The predicted octanol–water partition coefficient (Wildman–Crippen LogP) is 20.8. The van der Waals surface area contributed by atoms with Crippen molar-refractivity contribution in [3.8, 4) is 33.4 Å². The molecule has 17 heteroatoms. The fourth-order valence-corrected chi connectivity index (χ4v) is 15.0. The van der Waals surface area contributed by atoms with Crippen LogP contribution in [0, 0.1) is 41.5 Å². The lowest BCUT2D eigenvalue weighted by Crippen LogP contribution is -2.08. The minimum absolute atomic E-state index is 0.231. The Kier molecular flexibility index (Phi) is 20.3. The Labute approximate surface area is 501 Å². The van der Waals surface area contributed by atoms with Gasteiger partial charge in [0.1, 0.15) is 17.2 Å². The minimum atomic E-state index is -0.734. The molecule has 0 saturated heterocycles. The van der Waals surface area contributed by atoms with Crippen LogP contribution in [0.2, 0.25) is 0 Å². The summed E-state index contributed by atoms with van der Waals surface area (Å²) in [6.45, 7) is 14.1. The first-order valence-corrected chi connectivity index (χ1v) is 32.8. The van der Waals surface area contributed by atoms with Crippen molar-refractivity contribution >= 4 is 146 Å². The van der Waals surface area contributed by atoms with Gasteiger partial charge in [0, 0.05) is 91.1 Å². The standard InChI is InChI=1S/C22H23NO3S2.C22H25NO3S2.C20H17NOS3/c1-14-12-18-21(27-14)22-19(13-15(2)28-22)23(18)16-7-9-17(10-8-16)26-11-5-3-4-6-20(24)25;1-16-12-19(14-27-16)23(20-13-17(2)28-15-20)18-7-9-21(10-8-18)26-11-5-3-4-6-22(24)25;1-13-7-15(10-23-13)20-9-18(12-25-20)21(17-8-14(2)24-11-17)16-3-5-19(22)6-4-16/h7-10,12-13H,3-6,11H2,1-2H3,(H,24,25);7-10,12-15H,3-6,11H2,1-2H3,(H,24,25);3-12,22H,1-2H3. The molecular weight excluding hydrogens is 1150 g/mol. The number of unbranched alkanes of at least 4 members (excludes halogenated alkanes) is 4. The van der Waals surface area contributed by atoms with Crippen LogP contribution in [0.3, 0.4) is 0 Å². The molecule has 0 fully saturated rings. The molecule has 0 radical (unpaired) electrons. The third-order valence-electron chi connectivity index (χ3n) is 13.0. The number of phenolic OH excluding ortho intramolecular Hbond substituents is 1. The molecule has 0 unspecified atom stereocenters. The fraction of sp³-hybridized carbons (Fsp3) is 0.250. The van der Waals surface area contributed by atoms with Gasteiger partial charge in [0.15, 0.2) is 0 Å². The minimum Gasteiger partial charge on any atom is -0.508 e. The third kappa shape index (κ3) is 15.7. The van der Waals surface area contributed by atoms with Crippen molar-refractivity contribution < 1.29 is 34.4 Å². The number of aromatic hydroxyl groups is 1. The molecule has 11 rings (SSSR count). The molecule has 3 N–H and O–H groups in total. The van der Waals surface area contributed by atoms with E-state index in [-0.39, 0.29) is 18.6 Å². The highest BCUT2D eigenvalue weighted by Crippen LogP contribution is 2.44. The van der Waals surface area contributed by atoms with Gasteiger partial charge in [-0.1, -0.05) is 0 Å². The molecule has 11 aromatic rings. The molecular formula is C64H65N3O7S7. The number of aryl methyl sites for hydroxylation is 6. The Morgan fingerprint density at radius 2 is 0.852 bits per heavy atom. The summed E-state index contributed by atoms with van der Waals surface area (Å²) in [6.07, 6.45) is 5.35. The summed E-state index contributed by atoms with van der Waals surface area (Å²) in [5.74, 6) is 0.508. The highest BCUT2D eigenvalue weighted by molar-refractivity contribution is 7.27. The van der Waals surface area contributed by atoms with Crippen molar-refractivity contribution in [1.29, 1.82) is 0 Å². The Hall–Kier alpha value is -6.70. The number of carbonyl (C=O) groups is 2. The van der Waals surface area contributed by atoms with Gasteiger partial charge in [-0.2, -0.15) is 0 Å². The number of aliphatic carboxylic acids is 2. The summed E-state index contributed by atoms with van der Waals surface area (Å²) in [6, 6.07) is 39.4. The monoisotopic (exact) mass is 1210 g/mol. The molecule has 8 heterocycles. The number of carboxylic acid groups (broad SMARTS) is 2. The van der Waals surface area contributed by atoms with E-state index >= 15 is 0 Å².